The normalized spacial score (nSPS) is 18.7. The molecule has 0 aromatic heterocycles. The highest BCUT2D eigenvalue weighted by atomic mass is 16.5. The number of para-hydroxylation sites is 1. The Bertz CT molecular complexity index is 453. The van der Waals surface area contributed by atoms with Gasteiger partial charge >= 0.3 is 0 Å². The number of likely N-dealkylation sites (N-methyl/N-ethyl adjacent to an activating group) is 1. The maximum absolute atomic E-state index is 11.0. The van der Waals surface area contributed by atoms with Gasteiger partial charge in [0.2, 0.25) is 0 Å². The summed E-state index contributed by atoms with van der Waals surface area (Å²) >= 11 is 0. The fraction of sp³-hybridized carbons (Fsp3) is 0.385. The minimum absolute atomic E-state index is 0.444. The number of nitrogens with zero attached hydrogens (tertiary/aromatic N) is 1. The fourth-order valence-electron chi connectivity index (χ4n) is 1.75. The van der Waals surface area contributed by atoms with Crippen LogP contribution >= 0.6 is 0 Å². The van der Waals surface area contributed by atoms with Crippen molar-refractivity contribution in [1.29, 1.82) is 0 Å². The Labute approximate surface area is 106 Å². The summed E-state index contributed by atoms with van der Waals surface area (Å²) in [6.07, 6.45) is 0. The predicted molar refractivity (Wildman–Crippen MR) is 67.7 cm³/mol. The number of fused-ring (bicyclic) bond motifs is 1. The number of benzene rings is 1. The highest BCUT2D eigenvalue weighted by molar-refractivity contribution is 6.51. The number of ketones is 1. The Morgan fingerprint density at radius 3 is 2.39 bits per heavy atom. The molecule has 0 spiro atoms. The molecular formula is C13H16N2O3. The van der Waals surface area contributed by atoms with E-state index in [1.54, 1.807) is 24.3 Å². The molecule has 1 amide bonds. The van der Waals surface area contributed by atoms with Gasteiger partial charge in [-0.3, -0.25) is 9.59 Å². The van der Waals surface area contributed by atoms with Crippen LogP contribution in [0.3, 0.4) is 0 Å². The minimum atomic E-state index is -0.536. The lowest BCUT2D eigenvalue weighted by atomic mass is 10.1. The maximum atomic E-state index is 11.0. The van der Waals surface area contributed by atoms with E-state index in [2.05, 4.69) is 17.3 Å². The number of rotatable bonds is 0. The summed E-state index contributed by atoms with van der Waals surface area (Å²) in [6, 6.07) is 6.85. The molecule has 5 nitrogen and oxygen atoms in total. The third kappa shape index (κ3) is 2.94. The van der Waals surface area contributed by atoms with Crippen LogP contribution in [0.2, 0.25) is 0 Å². The number of amides is 1. The number of carbonyl (C=O) groups is 2. The van der Waals surface area contributed by atoms with Gasteiger partial charge in [-0.05, 0) is 19.2 Å². The fourth-order valence-corrected chi connectivity index (χ4v) is 1.75. The molecule has 0 bridgehead atoms. The van der Waals surface area contributed by atoms with E-state index in [0.717, 1.165) is 26.3 Å². The Kier molecular flexibility index (Phi) is 4.07. The first-order valence-electron chi connectivity index (χ1n) is 5.89. The molecule has 96 valence electrons. The van der Waals surface area contributed by atoms with E-state index in [4.69, 9.17) is 4.74 Å². The molecule has 1 aromatic carbocycles. The molecule has 5 heteroatoms. The van der Waals surface area contributed by atoms with E-state index < -0.39 is 11.7 Å². The van der Waals surface area contributed by atoms with Crippen LogP contribution in [-0.2, 0) is 9.53 Å². The summed E-state index contributed by atoms with van der Waals surface area (Å²) in [6.45, 7) is 4.02. The van der Waals surface area contributed by atoms with Crippen LogP contribution in [-0.4, -0.2) is 49.9 Å². The third-order valence-electron chi connectivity index (χ3n) is 2.86. The molecule has 2 aliphatic heterocycles. The summed E-state index contributed by atoms with van der Waals surface area (Å²) < 4.78 is 5.10. The van der Waals surface area contributed by atoms with Crippen LogP contribution in [0.15, 0.2) is 24.3 Å². The summed E-state index contributed by atoms with van der Waals surface area (Å²) in [5.41, 5.74) is 1.08. The van der Waals surface area contributed by atoms with Crippen LogP contribution in [0.25, 0.3) is 0 Å². The standard InChI is InChI=1S/C8H5NO2.C5H11NO/c10-7-5-3-1-2-4-6(5)9-8(7)11;1-6-2-4-7-5-3-6/h1-4H,(H,9,10,11);2-5H2,1H3. The van der Waals surface area contributed by atoms with Gasteiger partial charge in [0.25, 0.3) is 11.7 Å². The van der Waals surface area contributed by atoms with Gasteiger partial charge in [-0.15, -0.1) is 0 Å². The molecule has 1 aromatic rings. The Morgan fingerprint density at radius 2 is 1.83 bits per heavy atom. The molecule has 0 saturated carbocycles. The highest BCUT2D eigenvalue weighted by Crippen LogP contribution is 2.21. The molecule has 3 rings (SSSR count). The van der Waals surface area contributed by atoms with E-state index in [-0.39, 0.29) is 0 Å². The average Bonchev–Trinajstić information content (AvgIpc) is 2.68. The zero-order valence-electron chi connectivity index (χ0n) is 10.3. The molecular weight excluding hydrogens is 232 g/mol. The van der Waals surface area contributed by atoms with E-state index in [1.165, 1.54) is 0 Å². The molecule has 18 heavy (non-hydrogen) atoms. The molecule has 2 heterocycles. The van der Waals surface area contributed by atoms with Gasteiger partial charge in [0, 0.05) is 13.1 Å². The Hall–Kier alpha value is -1.72. The van der Waals surface area contributed by atoms with Crippen molar-refractivity contribution in [2.75, 3.05) is 38.7 Å². The quantitative estimate of drug-likeness (QED) is 0.689. The zero-order chi connectivity index (χ0) is 13.0. The molecule has 0 radical (unpaired) electrons. The number of carbonyl (C=O) groups excluding carboxylic acids is 2. The van der Waals surface area contributed by atoms with Crippen LogP contribution in [0.1, 0.15) is 10.4 Å². The predicted octanol–water partition coefficient (Wildman–Crippen LogP) is 0.770. The first kappa shape index (κ1) is 12.7. The van der Waals surface area contributed by atoms with Gasteiger partial charge in [-0.1, -0.05) is 12.1 Å². The molecule has 0 atom stereocenters. The van der Waals surface area contributed by atoms with Crippen molar-refractivity contribution in [1.82, 2.24) is 4.90 Å². The molecule has 2 aliphatic rings. The summed E-state index contributed by atoms with van der Waals surface area (Å²) in [4.78, 5) is 24.0. The van der Waals surface area contributed by atoms with Gasteiger partial charge in [-0.2, -0.15) is 0 Å². The number of Topliss-reactive ketones (excluding diaryl/α,β-unsaturated/α-hetero) is 1. The summed E-state index contributed by atoms with van der Waals surface area (Å²) in [5.74, 6) is -0.980. The van der Waals surface area contributed by atoms with Gasteiger partial charge in [0.05, 0.1) is 24.5 Å². The van der Waals surface area contributed by atoms with Gasteiger partial charge in [0.1, 0.15) is 0 Å². The monoisotopic (exact) mass is 248 g/mol. The van der Waals surface area contributed by atoms with Crippen molar-refractivity contribution in [3.05, 3.63) is 29.8 Å². The number of anilines is 1. The SMILES string of the molecule is CN1CCOCC1.O=C1Nc2ccccc2C1=O. The van der Waals surface area contributed by atoms with Gasteiger partial charge in [-0.25, -0.2) is 0 Å². The van der Waals surface area contributed by atoms with Crippen molar-refractivity contribution in [3.8, 4) is 0 Å². The van der Waals surface area contributed by atoms with Crippen LogP contribution in [0, 0.1) is 0 Å². The van der Waals surface area contributed by atoms with E-state index in [0.29, 0.717) is 11.3 Å². The summed E-state index contributed by atoms with van der Waals surface area (Å²) in [5, 5.41) is 2.46. The molecule has 0 unspecified atom stereocenters. The molecule has 1 saturated heterocycles. The first-order valence-corrected chi connectivity index (χ1v) is 5.89. The van der Waals surface area contributed by atoms with E-state index >= 15 is 0 Å². The second kappa shape index (κ2) is 5.75. The van der Waals surface area contributed by atoms with Crippen molar-refractivity contribution in [2.45, 2.75) is 0 Å². The third-order valence-corrected chi connectivity index (χ3v) is 2.86. The zero-order valence-corrected chi connectivity index (χ0v) is 10.3. The smallest absolute Gasteiger partial charge is 0.296 e. The number of hydrogen-bond donors (Lipinski definition) is 1. The van der Waals surface area contributed by atoms with Crippen LogP contribution in [0.5, 0.6) is 0 Å². The maximum Gasteiger partial charge on any atom is 0.296 e. The van der Waals surface area contributed by atoms with Crippen molar-refractivity contribution < 1.29 is 14.3 Å². The van der Waals surface area contributed by atoms with Crippen molar-refractivity contribution in [3.63, 3.8) is 0 Å². The Morgan fingerprint density at radius 1 is 1.17 bits per heavy atom. The molecule has 1 fully saturated rings. The largest absolute Gasteiger partial charge is 0.379 e. The summed E-state index contributed by atoms with van der Waals surface area (Å²) in [7, 11) is 2.11. The average molecular weight is 248 g/mol. The Balaban J connectivity index is 0.000000149. The van der Waals surface area contributed by atoms with E-state index in [1.807, 2.05) is 0 Å². The van der Waals surface area contributed by atoms with Crippen molar-refractivity contribution in [2.24, 2.45) is 0 Å². The molecule has 0 aliphatic carbocycles. The lowest BCUT2D eigenvalue weighted by Crippen LogP contribution is -2.32. The molecule has 1 N–H and O–H groups in total. The van der Waals surface area contributed by atoms with Gasteiger partial charge < -0.3 is 15.0 Å². The number of ether oxygens (including phenoxy) is 1. The topological polar surface area (TPSA) is 58.6 Å². The minimum Gasteiger partial charge on any atom is -0.379 e. The number of nitrogens with one attached hydrogen (secondary N) is 1. The lowest BCUT2D eigenvalue weighted by Gasteiger charge is -2.21. The van der Waals surface area contributed by atoms with Crippen molar-refractivity contribution >= 4 is 17.4 Å². The number of morpholine rings is 1. The van der Waals surface area contributed by atoms with Crippen LogP contribution < -0.4 is 5.32 Å². The first-order chi connectivity index (χ1) is 8.68. The lowest BCUT2D eigenvalue weighted by molar-refractivity contribution is -0.112. The van der Waals surface area contributed by atoms with E-state index in [9.17, 15) is 9.59 Å². The highest BCUT2D eigenvalue weighted by Gasteiger charge is 2.26. The number of hydrogen-bond acceptors (Lipinski definition) is 4. The van der Waals surface area contributed by atoms with Crippen LogP contribution in [0.4, 0.5) is 5.69 Å². The van der Waals surface area contributed by atoms with Gasteiger partial charge in [0.15, 0.2) is 0 Å². The second-order valence-electron chi connectivity index (χ2n) is 4.24. The second-order valence-corrected chi connectivity index (χ2v) is 4.24.